The van der Waals surface area contributed by atoms with E-state index in [1.807, 2.05) is 12.1 Å². The number of fused-ring (bicyclic) bond motifs is 9. The molecule has 0 atom stereocenters. The maximum atomic E-state index is 11.3. The van der Waals surface area contributed by atoms with Crippen LogP contribution in [0.15, 0.2) is 97.1 Å². The Labute approximate surface area is 192 Å². The molecular formula is C27H22NO4P. The van der Waals surface area contributed by atoms with E-state index in [9.17, 15) is 14.4 Å². The molecule has 0 amide bonds. The Morgan fingerprint density at radius 1 is 0.667 bits per heavy atom. The minimum atomic E-state index is -4.54. The second-order valence-corrected chi connectivity index (χ2v) is 9.59. The number of benzene rings is 4. The average molecular weight is 455 g/mol. The normalized spacial score (nSPS) is 15.0. The number of phosphoric ester groups is 1. The van der Waals surface area contributed by atoms with Gasteiger partial charge in [0, 0.05) is 17.9 Å². The first-order valence-corrected chi connectivity index (χ1v) is 12.4. The average Bonchev–Trinajstić information content (AvgIpc) is 3.12. The minimum absolute atomic E-state index is 0.0902. The van der Waals surface area contributed by atoms with E-state index in [0.717, 1.165) is 22.5 Å². The highest BCUT2D eigenvalue weighted by Gasteiger charge is 2.51. The topological polar surface area (TPSA) is 70.0 Å². The van der Waals surface area contributed by atoms with Crippen molar-refractivity contribution < 1.29 is 18.9 Å². The summed E-state index contributed by atoms with van der Waals surface area (Å²) in [6.45, 7) is 0.228. The fraction of sp³-hybridized carbons (Fsp3) is 0.111. The molecule has 0 saturated heterocycles. The van der Waals surface area contributed by atoms with Crippen molar-refractivity contribution in [1.82, 2.24) is 0 Å². The number of anilines is 2. The molecule has 2 aliphatic rings. The first-order chi connectivity index (χ1) is 16.0. The van der Waals surface area contributed by atoms with Crippen LogP contribution in [0.2, 0.25) is 0 Å². The van der Waals surface area contributed by atoms with Gasteiger partial charge >= 0.3 is 7.82 Å². The summed E-state index contributed by atoms with van der Waals surface area (Å²) < 4.78 is 16.1. The van der Waals surface area contributed by atoms with E-state index in [1.54, 1.807) is 0 Å². The van der Waals surface area contributed by atoms with Crippen molar-refractivity contribution in [2.24, 2.45) is 0 Å². The van der Waals surface area contributed by atoms with Crippen molar-refractivity contribution in [3.8, 4) is 11.1 Å². The largest absolute Gasteiger partial charge is 0.469 e. The molecule has 5 nitrogen and oxygen atoms in total. The van der Waals surface area contributed by atoms with Gasteiger partial charge in [0.1, 0.15) is 0 Å². The lowest BCUT2D eigenvalue weighted by atomic mass is 9.65. The zero-order valence-corrected chi connectivity index (χ0v) is 18.7. The lowest BCUT2D eigenvalue weighted by molar-refractivity contribution is 0.202. The minimum Gasteiger partial charge on any atom is -0.339 e. The van der Waals surface area contributed by atoms with Gasteiger partial charge in [0.05, 0.1) is 12.0 Å². The standard InChI is InChI=1S/C27H22NO4P/c29-33(30,31)32-18-17-28-25-15-7-5-13-23(25)27(24-14-6-8-16-26(24)28)21-11-3-1-9-19(21)20-10-2-4-12-22(20)27/h1-16H,17-18H2,(H2,29,30,31). The summed E-state index contributed by atoms with van der Waals surface area (Å²) in [5.74, 6) is 0. The molecule has 0 saturated carbocycles. The highest BCUT2D eigenvalue weighted by Crippen LogP contribution is 2.62. The van der Waals surface area contributed by atoms with Crippen molar-refractivity contribution in [2.45, 2.75) is 5.41 Å². The highest BCUT2D eigenvalue weighted by atomic mass is 31.2. The summed E-state index contributed by atoms with van der Waals surface area (Å²) in [5, 5.41) is 0. The van der Waals surface area contributed by atoms with Crippen molar-refractivity contribution in [3.05, 3.63) is 119 Å². The molecule has 33 heavy (non-hydrogen) atoms. The highest BCUT2D eigenvalue weighted by molar-refractivity contribution is 7.46. The van der Waals surface area contributed by atoms with Crippen LogP contribution in [0, 0.1) is 0 Å². The number of hydrogen-bond acceptors (Lipinski definition) is 3. The molecular weight excluding hydrogens is 433 g/mol. The van der Waals surface area contributed by atoms with Crippen molar-refractivity contribution in [2.75, 3.05) is 18.1 Å². The molecule has 1 spiro atoms. The zero-order chi connectivity index (χ0) is 22.6. The maximum Gasteiger partial charge on any atom is 0.469 e. The predicted molar refractivity (Wildman–Crippen MR) is 129 cm³/mol. The molecule has 0 radical (unpaired) electrons. The Kier molecular flexibility index (Phi) is 4.58. The van der Waals surface area contributed by atoms with Gasteiger partial charge in [-0.1, -0.05) is 84.9 Å². The molecule has 4 aromatic rings. The molecule has 2 N–H and O–H groups in total. The number of phosphoric acid groups is 1. The molecule has 164 valence electrons. The summed E-state index contributed by atoms with van der Waals surface area (Å²) in [7, 11) is -4.54. The lowest BCUT2D eigenvalue weighted by Gasteiger charge is -2.45. The zero-order valence-electron chi connectivity index (χ0n) is 17.8. The van der Waals surface area contributed by atoms with Crippen LogP contribution >= 0.6 is 7.82 Å². The first-order valence-electron chi connectivity index (χ1n) is 10.9. The smallest absolute Gasteiger partial charge is 0.339 e. The third kappa shape index (κ3) is 2.94. The van der Waals surface area contributed by atoms with Crippen LogP contribution < -0.4 is 4.90 Å². The van der Waals surface area contributed by atoms with Crippen LogP contribution in [0.25, 0.3) is 11.1 Å². The van der Waals surface area contributed by atoms with Gasteiger partial charge in [0.25, 0.3) is 0 Å². The van der Waals surface area contributed by atoms with Crippen LogP contribution in [0.5, 0.6) is 0 Å². The Morgan fingerprint density at radius 3 is 1.58 bits per heavy atom. The predicted octanol–water partition coefficient (Wildman–Crippen LogP) is 5.61. The quantitative estimate of drug-likeness (QED) is 0.345. The van der Waals surface area contributed by atoms with Crippen molar-refractivity contribution in [3.63, 3.8) is 0 Å². The Morgan fingerprint density at radius 2 is 1.09 bits per heavy atom. The fourth-order valence-corrected chi connectivity index (χ4v) is 5.95. The van der Waals surface area contributed by atoms with E-state index in [2.05, 4.69) is 89.8 Å². The summed E-state index contributed by atoms with van der Waals surface area (Å²) in [5.41, 5.74) is 8.81. The monoisotopic (exact) mass is 455 g/mol. The Balaban J connectivity index is 1.64. The number of nitrogens with zero attached hydrogens (tertiary/aromatic N) is 1. The molecule has 6 rings (SSSR count). The Bertz CT molecular complexity index is 1330. The molecule has 0 fully saturated rings. The number of rotatable bonds is 4. The molecule has 1 aliphatic carbocycles. The van der Waals surface area contributed by atoms with Gasteiger partial charge in [-0.2, -0.15) is 0 Å². The van der Waals surface area contributed by atoms with Gasteiger partial charge in [0.15, 0.2) is 0 Å². The number of para-hydroxylation sites is 2. The van der Waals surface area contributed by atoms with E-state index >= 15 is 0 Å². The molecule has 6 heteroatoms. The van der Waals surface area contributed by atoms with Crippen LogP contribution in [-0.2, 0) is 14.5 Å². The van der Waals surface area contributed by atoms with Crippen molar-refractivity contribution in [1.29, 1.82) is 0 Å². The van der Waals surface area contributed by atoms with E-state index < -0.39 is 13.2 Å². The van der Waals surface area contributed by atoms with Crippen LogP contribution in [-0.4, -0.2) is 22.9 Å². The number of hydrogen-bond donors (Lipinski definition) is 2. The van der Waals surface area contributed by atoms with Gasteiger partial charge in [0.2, 0.25) is 0 Å². The van der Waals surface area contributed by atoms with Gasteiger partial charge in [-0.25, -0.2) is 4.57 Å². The Hall–Kier alpha value is -3.21. The van der Waals surface area contributed by atoms with E-state index in [4.69, 9.17) is 4.52 Å². The molecule has 0 unspecified atom stereocenters. The second kappa shape index (κ2) is 7.41. The molecule has 4 aromatic carbocycles. The third-order valence-electron chi connectivity index (χ3n) is 6.72. The lowest BCUT2D eigenvalue weighted by Crippen LogP contribution is -2.38. The van der Waals surface area contributed by atoms with E-state index in [0.29, 0.717) is 6.54 Å². The molecule has 0 bridgehead atoms. The van der Waals surface area contributed by atoms with Gasteiger partial charge < -0.3 is 14.7 Å². The molecule has 1 aliphatic heterocycles. The van der Waals surface area contributed by atoms with Crippen LogP contribution in [0.1, 0.15) is 22.3 Å². The third-order valence-corrected chi connectivity index (χ3v) is 7.24. The fourth-order valence-electron chi connectivity index (χ4n) is 5.63. The summed E-state index contributed by atoms with van der Waals surface area (Å²) in [6, 6.07) is 33.8. The van der Waals surface area contributed by atoms with E-state index in [-0.39, 0.29) is 6.61 Å². The van der Waals surface area contributed by atoms with Gasteiger partial charge in [-0.05, 0) is 45.5 Å². The molecule has 1 heterocycles. The van der Waals surface area contributed by atoms with Gasteiger partial charge in [-0.3, -0.25) is 4.52 Å². The summed E-state index contributed by atoms with van der Waals surface area (Å²) >= 11 is 0. The summed E-state index contributed by atoms with van der Waals surface area (Å²) in [4.78, 5) is 20.5. The van der Waals surface area contributed by atoms with Crippen LogP contribution in [0.4, 0.5) is 11.4 Å². The van der Waals surface area contributed by atoms with E-state index in [1.165, 1.54) is 22.3 Å². The second-order valence-electron chi connectivity index (χ2n) is 8.35. The molecule has 0 aromatic heterocycles. The van der Waals surface area contributed by atoms with Crippen molar-refractivity contribution >= 4 is 19.2 Å². The summed E-state index contributed by atoms with van der Waals surface area (Å²) in [6.07, 6.45) is 0. The first kappa shape index (κ1) is 20.4. The van der Waals surface area contributed by atoms with Crippen LogP contribution in [0.3, 0.4) is 0 Å². The SMILES string of the molecule is O=P(O)(O)OCCN1c2ccccc2C2(c3ccccc3-c3ccccc32)c2ccccc21. The maximum absolute atomic E-state index is 11.3. The van der Waals surface area contributed by atoms with Gasteiger partial charge in [-0.15, -0.1) is 0 Å².